The molecule has 0 aromatic carbocycles. The van der Waals surface area contributed by atoms with Crippen LogP contribution in [0, 0.1) is 0 Å². The van der Waals surface area contributed by atoms with Crippen molar-refractivity contribution in [3.05, 3.63) is 17.1 Å². The van der Waals surface area contributed by atoms with Gasteiger partial charge in [-0.1, -0.05) is 11.3 Å². The SMILES string of the molecule is COc1ccc(NC(=O)NCCc2nnc(N)s2)c(OC)n1. The van der Waals surface area contributed by atoms with Gasteiger partial charge >= 0.3 is 6.03 Å². The topological polar surface area (TPSA) is 124 Å². The number of nitrogens with zero attached hydrogens (tertiary/aromatic N) is 3. The second-order valence-corrected chi connectivity index (χ2v) is 5.17. The fourth-order valence-corrected chi connectivity index (χ4v) is 2.21. The largest absolute Gasteiger partial charge is 0.481 e. The van der Waals surface area contributed by atoms with E-state index >= 15 is 0 Å². The van der Waals surface area contributed by atoms with Crippen LogP contribution in [-0.2, 0) is 6.42 Å². The highest BCUT2D eigenvalue weighted by Crippen LogP contribution is 2.24. The summed E-state index contributed by atoms with van der Waals surface area (Å²) in [6.07, 6.45) is 0.556. The first-order valence-corrected chi connectivity index (χ1v) is 7.15. The number of ether oxygens (including phenoxy) is 2. The van der Waals surface area contributed by atoms with E-state index < -0.39 is 0 Å². The Bertz CT molecular complexity index is 648. The van der Waals surface area contributed by atoms with Crippen molar-refractivity contribution in [2.24, 2.45) is 0 Å². The second-order valence-electron chi connectivity index (χ2n) is 4.08. The van der Waals surface area contributed by atoms with Crippen molar-refractivity contribution in [1.82, 2.24) is 20.5 Å². The average molecular weight is 324 g/mol. The van der Waals surface area contributed by atoms with Gasteiger partial charge in [0.1, 0.15) is 10.7 Å². The maximum atomic E-state index is 11.8. The highest BCUT2D eigenvalue weighted by Gasteiger charge is 2.10. The van der Waals surface area contributed by atoms with Crippen LogP contribution < -0.4 is 25.8 Å². The van der Waals surface area contributed by atoms with Crippen molar-refractivity contribution in [2.45, 2.75) is 6.42 Å². The molecule has 0 fully saturated rings. The van der Waals surface area contributed by atoms with Crippen LogP contribution in [0.5, 0.6) is 11.8 Å². The Morgan fingerprint density at radius 3 is 2.77 bits per heavy atom. The zero-order valence-corrected chi connectivity index (χ0v) is 12.9. The molecule has 0 bridgehead atoms. The van der Waals surface area contributed by atoms with Crippen LogP contribution in [0.3, 0.4) is 0 Å². The highest BCUT2D eigenvalue weighted by molar-refractivity contribution is 7.15. The van der Waals surface area contributed by atoms with Crippen molar-refractivity contribution < 1.29 is 14.3 Å². The van der Waals surface area contributed by atoms with Gasteiger partial charge in [-0.05, 0) is 6.07 Å². The fraction of sp³-hybridized carbons (Fsp3) is 0.333. The molecule has 4 N–H and O–H groups in total. The van der Waals surface area contributed by atoms with Gasteiger partial charge in [0.25, 0.3) is 0 Å². The average Bonchev–Trinajstić information content (AvgIpc) is 2.93. The number of pyridine rings is 1. The summed E-state index contributed by atoms with van der Waals surface area (Å²) in [5.41, 5.74) is 5.93. The molecule has 118 valence electrons. The van der Waals surface area contributed by atoms with Crippen molar-refractivity contribution in [1.29, 1.82) is 0 Å². The summed E-state index contributed by atoms with van der Waals surface area (Å²) < 4.78 is 10.1. The van der Waals surface area contributed by atoms with Gasteiger partial charge in [0.2, 0.25) is 16.9 Å². The van der Waals surface area contributed by atoms with Crippen molar-refractivity contribution >= 4 is 28.2 Å². The predicted molar refractivity (Wildman–Crippen MR) is 82.4 cm³/mol. The molecule has 2 aromatic rings. The van der Waals surface area contributed by atoms with Crippen LogP contribution in [-0.4, -0.2) is 42.0 Å². The zero-order chi connectivity index (χ0) is 15.9. The smallest absolute Gasteiger partial charge is 0.319 e. The van der Waals surface area contributed by atoms with Gasteiger partial charge in [-0.2, -0.15) is 4.98 Å². The van der Waals surface area contributed by atoms with Gasteiger partial charge in [-0.3, -0.25) is 0 Å². The first-order chi connectivity index (χ1) is 10.6. The van der Waals surface area contributed by atoms with Gasteiger partial charge in [-0.15, -0.1) is 10.2 Å². The number of methoxy groups -OCH3 is 2. The van der Waals surface area contributed by atoms with Gasteiger partial charge in [-0.25, -0.2) is 4.79 Å². The number of hydrogen-bond donors (Lipinski definition) is 3. The Labute approximate surface area is 130 Å². The van der Waals surface area contributed by atoms with Crippen LogP contribution in [0.15, 0.2) is 12.1 Å². The Morgan fingerprint density at radius 2 is 2.14 bits per heavy atom. The molecule has 0 aliphatic carbocycles. The predicted octanol–water partition coefficient (Wildman–Crippen LogP) is 0.897. The molecule has 0 spiro atoms. The summed E-state index contributed by atoms with van der Waals surface area (Å²) >= 11 is 1.29. The number of aromatic nitrogens is 3. The third kappa shape index (κ3) is 4.19. The third-order valence-corrected chi connectivity index (χ3v) is 3.40. The van der Waals surface area contributed by atoms with E-state index in [0.29, 0.717) is 29.7 Å². The molecule has 0 aliphatic rings. The molecule has 2 aromatic heterocycles. The summed E-state index contributed by atoms with van der Waals surface area (Å²) in [6.45, 7) is 0.409. The number of carbonyl (C=O) groups is 1. The third-order valence-electron chi connectivity index (χ3n) is 2.59. The molecule has 0 atom stereocenters. The van der Waals surface area contributed by atoms with E-state index in [-0.39, 0.29) is 11.9 Å². The van der Waals surface area contributed by atoms with Gasteiger partial charge in [0.05, 0.1) is 14.2 Å². The number of rotatable bonds is 6. The Morgan fingerprint density at radius 1 is 1.32 bits per heavy atom. The Kier molecular flexibility index (Phi) is 5.31. The quantitative estimate of drug-likeness (QED) is 0.721. The lowest BCUT2D eigenvalue weighted by Crippen LogP contribution is -2.30. The second kappa shape index (κ2) is 7.41. The minimum absolute atomic E-state index is 0.270. The maximum Gasteiger partial charge on any atom is 0.319 e. The fourth-order valence-electron chi connectivity index (χ4n) is 1.60. The molecule has 22 heavy (non-hydrogen) atoms. The molecular formula is C12H16N6O3S. The van der Waals surface area contributed by atoms with E-state index in [4.69, 9.17) is 15.2 Å². The van der Waals surface area contributed by atoms with E-state index in [2.05, 4.69) is 25.8 Å². The lowest BCUT2D eigenvalue weighted by molar-refractivity contribution is 0.252. The Hall–Kier alpha value is -2.62. The number of anilines is 2. The lowest BCUT2D eigenvalue weighted by atomic mass is 10.4. The molecule has 0 unspecified atom stereocenters. The highest BCUT2D eigenvalue weighted by atomic mass is 32.1. The Balaban J connectivity index is 1.86. The van der Waals surface area contributed by atoms with Crippen LogP contribution in [0.1, 0.15) is 5.01 Å². The number of carbonyl (C=O) groups excluding carboxylic acids is 1. The molecule has 2 rings (SSSR count). The molecular weight excluding hydrogens is 308 g/mol. The standard InChI is InChI=1S/C12H16N6O3S/c1-20-8-4-3-7(10(16-8)21-2)15-12(19)14-6-5-9-17-18-11(13)22-9/h3-4H,5-6H2,1-2H3,(H2,13,18)(H2,14,15,19). The monoisotopic (exact) mass is 324 g/mol. The number of amides is 2. The van der Waals surface area contributed by atoms with Gasteiger partial charge in [0.15, 0.2) is 0 Å². The summed E-state index contributed by atoms with van der Waals surface area (Å²) in [4.78, 5) is 15.9. The lowest BCUT2D eigenvalue weighted by Gasteiger charge is -2.11. The normalized spacial score (nSPS) is 10.1. The molecule has 2 heterocycles. The van der Waals surface area contributed by atoms with E-state index in [0.717, 1.165) is 5.01 Å². The number of hydrogen-bond acceptors (Lipinski definition) is 8. The minimum Gasteiger partial charge on any atom is -0.481 e. The van der Waals surface area contributed by atoms with Crippen LogP contribution in [0.2, 0.25) is 0 Å². The molecule has 2 amide bonds. The van der Waals surface area contributed by atoms with E-state index in [1.807, 2.05) is 0 Å². The summed E-state index contributed by atoms with van der Waals surface area (Å²) in [5, 5.41) is 14.1. The van der Waals surface area contributed by atoms with Crippen LogP contribution in [0.4, 0.5) is 15.6 Å². The number of nitrogens with two attached hydrogens (primary N) is 1. The van der Waals surface area contributed by atoms with Gasteiger partial charge in [0, 0.05) is 19.0 Å². The minimum atomic E-state index is -0.372. The van der Waals surface area contributed by atoms with Crippen LogP contribution >= 0.6 is 11.3 Å². The number of nitrogen functional groups attached to an aromatic ring is 1. The maximum absolute atomic E-state index is 11.8. The molecule has 0 saturated heterocycles. The van der Waals surface area contributed by atoms with Gasteiger partial charge < -0.3 is 25.8 Å². The molecule has 0 saturated carbocycles. The number of urea groups is 1. The number of nitrogens with one attached hydrogen (secondary N) is 2. The van der Waals surface area contributed by atoms with Crippen molar-refractivity contribution in [2.75, 3.05) is 31.8 Å². The first kappa shape index (κ1) is 15.8. The zero-order valence-electron chi connectivity index (χ0n) is 12.1. The van der Waals surface area contributed by atoms with E-state index in [9.17, 15) is 4.79 Å². The molecule has 9 nitrogen and oxygen atoms in total. The van der Waals surface area contributed by atoms with Crippen molar-refractivity contribution in [3.63, 3.8) is 0 Å². The summed E-state index contributed by atoms with van der Waals surface area (Å²) in [7, 11) is 2.96. The summed E-state index contributed by atoms with van der Waals surface area (Å²) in [5.74, 6) is 0.670. The van der Waals surface area contributed by atoms with E-state index in [1.54, 1.807) is 12.1 Å². The van der Waals surface area contributed by atoms with E-state index in [1.165, 1.54) is 25.6 Å². The summed E-state index contributed by atoms with van der Waals surface area (Å²) in [6, 6.07) is 2.90. The molecule has 10 heteroatoms. The molecule has 0 aliphatic heterocycles. The van der Waals surface area contributed by atoms with Crippen molar-refractivity contribution in [3.8, 4) is 11.8 Å². The van der Waals surface area contributed by atoms with Crippen LogP contribution in [0.25, 0.3) is 0 Å². The first-order valence-electron chi connectivity index (χ1n) is 6.34. The molecule has 0 radical (unpaired) electrons.